The molecule has 0 fully saturated rings. The molecule has 0 atom stereocenters. The zero-order valence-corrected chi connectivity index (χ0v) is 17.9. The molecule has 1 aliphatic heterocycles. The Morgan fingerprint density at radius 2 is 1.90 bits per heavy atom. The maximum absolute atomic E-state index is 12.7. The smallest absolute Gasteiger partial charge is 0.326 e. The van der Waals surface area contributed by atoms with Crippen LogP contribution in [0.2, 0.25) is 0 Å². The van der Waals surface area contributed by atoms with Gasteiger partial charge in [-0.25, -0.2) is 0 Å². The lowest BCUT2D eigenvalue weighted by Crippen LogP contribution is -2.23. The second-order valence-electron chi connectivity index (χ2n) is 7.05. The maximum atomic E-state index is 12.7. The number of rotatable bonds is 5. The number of nitrogens with zero attached hydrogens (tertiary/aromatic N) is 2. The van der Waals surface area contributed by atoms with Crippen molar-refractivity contribution in [3.05, 3.63) is 51.8 Å². The fraction of sp³-hybridized carbons (Fsp3) is 0.318. The molecule has 4 rings (SSSR count). The summed E-state index contributed by atoms with van der Waals surface area (Å²) < 4.78 is 18.5. The molecule has 8 heteroatoms. The molecule has 0 radical (unpaired) electrons. The van der Waals surface area contributed by atoms with E-state index in [1.807, 2.05) is 38.1 Å². The average molecular weight is 426 g/mol. The van der Waals surface area contributed by atoms with Crippen molar-refractivity contribution < 1.29 is 23.8 Å². The van der Waals surface area contributed by atoms with Crippen molar-refractivity contribution in [3.8, 4) is 11.5 Å². The van der Waals surface area contributed by atoms with Crippen molar-refractivity contribution >= 4 is 33.4 Å². The van der Waals surface area contributed by atoms with E-state index in [0.717, 1.165) is 21.3 Å². The van der Waals surface area contributed by atoms with Crippen LogP contribution >= 0.6 is 11.3 Å². The highest BCUT2D eigenvalue weighted by Gasteiger charge is 2.19. The summed E-state index contributed by atoms with van der Waals surface area (Å²) >= 11 is 1.33. The number of esters is 1. The molecule has 2 aromatic carbocycles. The molecule has 0 N–H and O–H groups in total. The first-order valence-corrected chi connectivity index (χ1v) is 10.5. The molecule has 0 bridgehead atoms. The van der Waals surface area contributed by atoms with E-state index in [4.69, 9.17) is 14.2 Å². The van der Waals surface area contributed by atoms with Gasteiger partial charge in [-0.3, -0.25) is 9.59 Å². The summed E-state index contributed by atoms with van der Waals surface area (Å²) in [5, 5.41) is 0. The third-order valence-electron chi connectivity index (χ3n) is 4.92. The number of ether oxygens (including phenoxy) is 3. The minimum atomic E-state index is -0.391. The normalized spacial score (nSPS) is 13.1. The molecule has 30 heavy (non-hydrogen) atoms. The van der Waals surface area contributed by atoms with E-state index in [-0.39, 0.29) is 32.3 Å². The van der Waals surface area contributed by atoms with Crippen LogP contribution in [-0.4, -0.2) is 29.8 Å². The Balaban J connectivity index is 1.73. The predicted octanol–water partition coefficient (Wildman–Crippen LogP) is 3.28. The molecule has 3 aromatic rings. The number of benzene rings is 2. The summed E-state index contributed by atoms with van der Waals surface area (Å²) in [6, 6.07) is 9.59. The van der Waals surface area contributed by atoms with Crippen LogP contribution in [0, 0.1) is 13.8 Å². The van der Waals surface area contributed by atoms with Crippen molar-refractivity contribution in [2.24, 2.45) is 4.99 Å². The number of carbonyl (C=O) groups is 2. The number of hydrogen-bond donors (Lipinski definition) is 0. The van der Waals surface area contributed by atoms with Gasteiger partial charge in [-0.2, -0.15) is 4.99 Å². The van der Waals surface area contributed by atoms with E-state index >= 15 is 0 Å². The molecular formula is C22H22N2O5S. The van der Waals surface area contributed by atoms with Gasteiger partial charge in [0.15, 0.2) is 16.3 Å². The molecule has 2 heterocycles. The van der Waals surface area contributed by atoms with Crippen LogP contribution in [-0.2, 0) is 27.3 Å². The number of aromatic nitrogens is 1. The number of fused-ring (bicyclic) bond motifs is 2. The highest BCUT2D eigenvalue weighted by molar-refractivity contribution is 7.16. The third-order valence-corrected chi connectivity index (χ3v) is 5.96. The molecule has 0 spiro atoms. The highest BCUT2D eigenvalue weighted by atomic mass is 32.1. The third kappa shape index (κ3) is 4.09. The van der Waals surface area contributed by atoms with Gasteiger partial charge in [0.05, 0.1) is 23.2 Å². The first kappa shape index (κ1) is 20.2. The molecular weight excluding hydrogens is 404 g/mol. The zero-order valence-electron chi connectivity index (χ0n) is 17.1. The zero-order chi connectivity index (χ0) is 21.3. The van der Waals surface area contributed by atoms with Gasteiger partial charge in [0.25, 0.3) is 5.91 Å². The predicted molar refractivity (Wildman–Crippen MR) is 113 cm³/mol. The van der Waals surface area contributed by atoms with Crippen LogP contribution in [0.15, 0.2) is 35.3 Å². The number of carbonyl (C=O) groups excluding carboxylic acids is 2. The maximum Gasteiger partial charge on any atom is 0.326 e. The molecule has 1 aliphatic rings. The molecule has 7 nitrogen and oxygen atoms in total. The summed E-state index contributed by atoms with van der Waals surface area (Å²) in [6.07, 6.45) is 0.192. The number of thiazole rings is 1. The minimum absolute atomic E-state index is 0.0385. The van der Waals surface area contributed by atoms with Crippen LogP contribution in [0.4, 0.5) is 0 Å². The first-order valence-electron chi connectivity index (χ1n) is 9.67. The largest absolute Gasteiger partial charge is 0.465 e. The summed E-state index contributed by atoms with van der Waals surface area (Å²) in [7, 11) is 0. The number of hydrogen-bond acceptors (Lipinski definition) is 6. The molecule has 0 saturated carbocycles. The SMILES string of the molecule is CCOC(=O)Cn1c(=NC(=O)Cc2ccc(C)c(C)c2)sc2cc3c(cc21)OCO3. The molecule has 1 aromatic heterocycles. The van der Waals surface area contributed by atoms with Crippen molar-refractivity contribution in [1.82, 2.24) is 4.57 Å². The topological polar surface area (TPSA) is 79.1 Å². The lowest BCUT2D eigenvalue weighted by molar-refractivity contribution is -0.143. The fourth-order valence-electron chi connectivity index (χ4n) is 3.27. The van der Waals surface area contributed by atoms with Crippen LogP contribution in [0.25, 0.3) is 10.2 Å². The monoisotopic (exact) mass is 426 g/mol. The Kier molecular flexibility index (Phi) is 5.59. The molecule has 0 unspecified atom stereocenters. The van der Waals surface area contributed by atoms with E-state index in [1.54, 1.807) is 17.6 Å². The molecule has 0 aliphatic carbocycles. The van der Waals surface area contributed by atoms with Gasteiger partial charge in [-0.15, -0.1) is 0 Å². The molecule has 0 saturated heterocycles. The second kappa shape index (κ2) is 8.31. The van der Waals surface area contributed by atoms with Crippen LogP contribution in [0.3, 0.4) is 0 Å². The van der Waals surface area contributed by atoms with Crippen LogP contribution < -0.4 is 14.3 Å². The van der Waals surface area contributed by atoms with Gasteiger partial charge in [-0.1, -0.05) is 29.5 Å². The van der Waals surface area contributed by atoms with Gasteiger partial charge in [0, 0.05) is 12.1 Å². The van der Waals surface area contributed by atoms with Crippen LogP contribution in [0.1, 0.15) is 23.6 Å². The van der Waals surface area contributed by atoms with E-state index < -0.39 is 5.97 Å². The Bertz CT molecular complexity index is 1210. The summed E-state index contributed by atoms with van der Waals surface area (Å²) in [5.74, 6) is 0.575. The van der Waals surface area contributed by atoms with Crippen molar-refractivity contribution in [3.63, 3.8) is 0 Å². The van der Waals surface area contributed by atoms with Gasteiger partial charge >= 0.3 is 5.97 Å². The number of amides is 1. The minimum Gasteiger partial charge on any atom is -0.465 e. The molecule has 1 amide bonds. The lowest BCUT2D eigenvalue weighted by atomic mass is 10.0. The van der Waals surface area contributed by atoms with Gasteiger partial charge in [-0.05, 0) is 37.5 Å². The van der Waals surface area contributed by atoms with E-state index in [2.05, 4.69) is 4.99 Å². The van der Waals surface area contributed by atoms with Crippen molar-refractivity contribution in [2.75, 3.05) is 13.4 Å². The second-order valence-corrected chi connectivity index (χ2v) is 8.06. The van der Waals surface area contributed by atoms with Gasteiger partial charge in [0.2, 0.25) is 6.79 Å². The summed E-state index contributed by atoms with van der Waals surface area (Å²) in [4.78, 5) is 29.6. The Hall–Kier alpha value is -3.13. The quantitative estimate of drug-likeness (QED) is 0.585. The fourth-order valence-corrected chi connectivity index (χ4v) is 4.32. The van der Waals surface area contributed by atoms with E-state index in [9.17, 15) is 9.59 Å². The molecule has 156 valence electrons. The Labute approximate surface area is 177 Å². The van der Waals surface area contributed by atoms with E-state index in [0.29, 0.717) is 16.3 Å². The Morgan fingerprint density at radius 1 is 1.13 bits per heavy atom. The van der Waals surface area contributed by atoms with Crippen molar-refractivity contribution in [1.29, 1.82) is 0 Å². The van der Waals surface area contributed by atoms with Crippen molar-refractivity contribution in [2.45, 2.75) is 33.7 Å². The first-order chi connectivity index (χ1) is 14.4. The van der Waals surface area contributed by atoms with Gasteiger partial charge in [0.1, 0.15) is 6.54 Å². The summed E-state index contributed by atoms with van der Waals surface area (Å²) in [5.41, 5.74) is 3.96. The average Bonchev–Trinajstić information content (AvgIpc) is 3.27. The van der Waals surface area contributed by atoms with Crippen LogP contribution in [0.5, 0.6) is 11.5 Å². The van der Waals surface area contributed by atoms with E-state index in [1.165, 1.54) is 16.9 Å². The highest BCUT2D eigenvalue weighted by Crippen LogP contribution is 2.37. The standard InChI is InChI=1S/C22H22N2O5S/c1-4-27-21(26)11-24-16-9-17-18(29-12-28-17)10-19(16)30-22(24)23-20(25)8-15-6-5-13(2)14(3)7-15/h5-7,9-10H,4,8,11-12H2,1-3H3. The Morgan fingerprint density at radius 3 is 2.63 bits per heavy atom. The lowest BCUT2D eigenvalue weighted by Gasteiger charge is -2.06. The van der Waals surface area contributed by atoms with Gasteiger partial charge < -0.3 is 18.8 Å². The number of aryl methyl sites for hydroxylation is 2. The summed E-state index contributed by atoms with van der Waals surface area (Å²) in [6.45, 7) is 6.21.